The van der Waals surface area contributed by atoms with Crippen molar-refractivity contribution in [1.29, 1.82) is 0 Å². The fourth-order valence-corrected chi connectivity index (χ4v) is 3.16. The molecule has 100 valence electrons. The maximum Gasteiger partial charge on any atom is 0.123 e. The Morgan fingerprint density at radius 2 is 2.05 bits per heavy atom. The van der Waals surface area contributed by atoms with Crippen LogP contribution in [0.2, 0.25) is 0 Å². The molecule has 4 heteroatoms. The molecule has 0 unspecified atom stereocenters. The van der Waals surface area contributed by atoms with Crippen LogP contribution in [0.15, 0.2) is 24.3 Å². The summed E-state index contributed by atoms with van der Waals surface area (Å²) in [6.45, 7) is 3.08. The third-order valence-corrected chi connectivity index (χ3v) is 4.50. The van der Waals surface area contributed by atoms with E-state index < -0.39 is 0 Å². The molecule has 2 aromatic rings. The number of phenolic OH excluding ortho intramolecular Hbond substituents is 1. The Morgan fingerprint density at radius 1 is 1.32 bits per heavy atom. The van der Waals surface area contributed by atoms with E-state index in [2.05, 4.69) is 12.2 Å². The lowest BCUT2D eigenvalue weighted by molar-refractivity contribution is 0.475. The van der Waals surface area contributed by atoms with Gasteiger partial charge in [0.25, 0.3) is 0 Å². The number of hydrogen-bond donors (Lipinski definition) is 2. The van der Waals surface area contributed by atoms with E-state index >= 15 is 0 Å². The van der Waals surface area contributed by atoms with E-state index in [0.29, 0.717) is 5.75 Å². The summed E-state index contributed by atoms with van der Waals surface area (Å²) >= 11 is 1.76. The van der Waals surface area contributed by atoms with Crippen LogP contribution >= 0.6 is 11.3 Å². The normalized spacial score (nSPS) is 14.8. The van der Waals surface area contributed by atoms with Gasteiger partial charge in [0.1, 0.15) is 10.8 Å². The van der Waals surface area contributed by atoms with Crippen LogP contribution in [0.4, 0.5) is 0 Å². The molecule has 0 amide bonds. The van der Waals surface area contributed by atoms with E-state index in [4.69, 9.17) is 4.98 Å². The SMILES string of the molecule is CCc1nc(-c2ccc(O)cc2)sc1CNC1CC1. The summed E-state index contributed by atoms with van der Waals surface area (Å²) in [6, 6.07) is 8.00. The van der Waals surface area contributed by atoms with Gasteiger partial charge in [-0.3, -0.25) is 0 Å². The summed E-state index contributed by atoms with van der Waals surface area (Å²) < 4.78 is 0. The van der Waals surface area contributed by atoms with Gasteiger partial charge < -0.3 is 10.4 Å². The molecule has 0 aliphatic heterocycles. The van der Waals surface area contributed by atoms with Gasteiger partial charge in [-0.1, -0.05) is 6.92 Å². The summed E-state index contributed by atoms with van der Waals surface area (Å²) in [7, 11) is 0. The first-order valence-electron chi connectivity index (χ1n) is 6.77. The zero-order valence-corrected chi connectivity index (χ0v) is 11.8. The van der Waals surface area contributed by atoms with Crippen molar-refractivity contribution in [3.63, 3.8) is 0 Å². The van der Waals surface area contributed by atoms with Gasteiger partial charge in [-0.15, -0.1) is 11.3 Å². The Balaban J connectivity index is 1.82. The minimum atomic E-state index is 0.298. The van der Waals surface area contributed by atoms with Crippen LogP contribution < -0.4 is 5.32 Å². The number of nitrogens with zero attached hydrogens (tertiary/aromatic N) is 1. The van der Waals surface area contributed by atoms with Crippen LogP contribution in [0.25, 0.3) is 10.6 Å². The molecule has 1 aromatic heterocycles. The van der Waals surface area contributed by atoms with Crippen molar-refractivity contribution in [3.05, 3.63) is 34.8 Å². The average molecular weight is 274 g/mol. The Kier molecular flexibility index (Phi) is 3.53. The molecule has 0 atom stereocenters. The monoisotopic (exact) mass is 274 g/mol. The molecule has 0 spiro atoms. The molecule has 1 heterocycles. The Morgan fingerprint density at radius 3 is 2.68 bits per heavy atom. The molecule has 1 fully saturated rings. The average Bonchev–Trinajstić information content (AvgIpc) is 3.16. The second-order valence-electron chi connectivity index (χ2n) is 4.94. The van der Waals surface area contributed by atoms with Crippen LogP contribution in [0.3, 0.4) is 0 Å². The zero-order chi connectivity index (χ0) is 13.2. The van der Waals surface area contributed by atoms with E-state index in [1.54, 1.807) is 23.5 Å². The molecule has 0 bridgehead atoms. The highest BCUT2D eigenvalue weighted by Gasteiger charge is 2.21. The second kappa shape index (κ2) is 5.31. The number of hydrogen-bond acceptors (Lipinski definition) is 4. The van der Waals surface area contributed by atoms with Gasteiger partial charge in [0.2, 0.25) is 0 Å². The summed E-state index contributed by atoms with van der Waals surface area (Å²) in [6.07, 6.45) is 3.59. The first-order chi connectivity index (χ1) is 9.26. The van der Waals surface area contributed by atoms with Crippen molar-refractivity contribution in [1.82, 2.24) is 10.3 Å². The summed E-state index contributed by atoms with van der Waals surface area (Å²) in [5.74, 6) is 0.298. The number of aryl methyl sites for hydroxylation is 1. The second-order valence-corrected chi connectivity index (χ2v) is 6.03. The van der Waals surface area contributed by atoms with Gasteiger partial charge in [-0.2, -0.15) is 0 Å². The Hall–Kier alpha value is -1.39. The molecule has 3 rings (SSSR count). The third kappa shape index (κ3) is 2.96. The molecule has 1 aliphatic rings. The standard InChI is InChI=1S/C15H18N2OS/c1-2-13-14(9-16-11-5-6-11)19-15(17-13)10-3-7-12(18)8-4-10/h3-4,7-8,11,16,18H,2,5-6,9H2,1H3. The lowest BCUT2D eigenvalue weighted by Gasteiger charge is -2.00. The van der Waals surface area contributed by atoms with Gasteiger partial charge in [0.05, 0.1) is 5.69 Å². The summed E-state index contributed by atoms with van der Waals surface area (Å²) in [5.41, 5.74) is 2.27. The maximum atomic E-state index is 9.33. The fraction of sp³-hybridized carbons (Fsp3) is 0.400. The van der Waals surface area contributed by atoms with Crippen molar-refractivity contribution in [2.24, 2.45) is 0 Å². The Labute approximate surface area is 117 Å². The number of aromatic nitrogens is 1. The van der Waals surface area contributed by atoms with Crippen LogP contribution in [0.1, 0.15) is 30.3 Å². The number of nitrogens with one attached hydrogen (secondary N) is 1. The molecule has 0 radical (unpaired) electrons. The number of aromatic hydroxyl groups is 1. The van der Waals surface area contributed by atoms with Crippen molar-refractivity contribution in [2.45, 2.75) is 38.8 Å². The first kappa shape index (κ1) is 12.6. The lowest BCUT2D eigenvalue weighted by atomic mass is 10.2. The molecule has 0 saturated heterocycles. The van der Waals surface area contributed by atoms with Gasteiger partial charge in [0, 0.05) is 23.0 Å². The molecule has 1 aliphatic carbocycles. The predicted molar refractivity (Wildman–Crippen MR) is 78.5 cm³/mol. The van der Waals surface area contributed by atoms with Crippen LogP contribution in [0, 0.1) is 0 Å². The first-order valence-corrected chi connectivity index (χ1v) is 7.59. The van der Waals surface area contributed by atoms with Gasteiger partial charge in [-0.25, -0.2) is 4.98 Å². The molecule has 1 aromatic carbocycles. The molecule has 19 heavy (non-hydrogen) atoms. The van der Waals surface area contributed by atoms with Gasteiger partial charge in [0.15, 0.2) is 0 Å². The lowest BCUT2D eigenvalue weighted by Crippen LogP contribution is -2.15. The van der Waals surface area contributed by atoms with E-state index in [1.807, 2.05) is 12.1 Å². The van der Waals surface area contributed by atoms with E-state index in [9.17, 15) is 5.11 Å². The quantitative estimate of drug-likeness (QED) is 0.879. The topological polar surface area (TPSA) is 45.2 Å². The Bertz CT molecular complexity index is 558. The number of phenols is 1. The minimum Gasteiger partial charge on any atom is -0.508 e. The maximum absolute atomic E-state index is 9.33. The molecule has 2 N–H and O–H groups in total. The van der Waals surface area contributed by atoms with Gasteiger partial charge >= 0.3 is 0 Å². The zero-order valence-electron chi connectivity index (χ0n) is 11.0. The molecular formula is C15H18N2OS. The van der Waals surface area contributed by atoms with Crippen LogP contribution in [-0.4, -0.2) is 16.1 Å². The summed E-state index contributed by atoms with van der Waals surface area (Å²) in [5, 5.41) is 13.9. The van der Waals surface area contributed by atoms with Crippen LogP contribution in [0.5, 0.6) is 5.75 Å². The number of benzene rings is 1. The minimum absolute atomic E-state index is 0.298. The van der Waals surface area contributed by atoms with Crippen molar-refractivity contribution < 1.29 is 5.11 Å². The van der Waals surface area contributed by atoms with Crippen molar-refractivity contribution in [3.8, 4) is 16.3 Å². The predicted octanol–water partition coefficient (Wildman–Crippen LogP) is 3.33. The molecule has 1 saturated carbocycles. The molecule has 3 nitrogen and oxygen atoms in total. The fourth-order valence-electron chi connectivity index (χ4n) is 2.05. The smallest absolute Gasteiger partial charge is 0.123 e. The number of thiazole rings is 1. The molecular weight excluding hydrogens is 256 g/mol. The number of rotatable bonds is 5. The van der Waals surface area contributed by atoms with E-state index in [1.165, 1.54) is 23.4 Å². The largest absolute Gasteiger partial charge is 0.508 e. The van der Waals surface area contributed by atoms with Gasteiger partial charge in [-0.05, 0) is 43.5 Å². The third-order valence-electron chi connectivity index (χ3n) is 3.36. The van der Waals surface area contributed by atoms with Crippen molar-refractivity contribution >= 4 is 11.3 Å². The summed E-state index contributed by atoms with van der Waals surface area (Å²) in [4.78, 5) is 6.07. The highest BCUT2D eigenvalue weighted by molar-refractivity contribution is 7.15. The van der Waals surface area contributed by atoms with Crippen molar-refractivity contribution in [2.75, 3.05) is 0 Å². The van der Waals surface area contributed by atoms with E-state index in [-0.39, 0.29) is 0 Å². The van der Waals surface area contributed by atoms with Crippen LogP contribution in [-0.2, 0) is 13.0 Å². The van der Waals surface area contributed by atoms with E-state index in [0.717, 1.165) is 29.6 Å². The highest BCUT2D eigenvalue weighted by atomic mass is 32.1. The highest BCUT2D eigenvalue weighted by Crippen LogP contribution is 2.30.